The number of nitrogens with zero attached hydrogens (tertiary/aromatic N) is 4. The van der Waals surface area contributed by atoms with Gasteiger partial charge in [0.05, 0.1) is 22.1 Å². The van der Waals surface area contributed by atoms with E-state index >= 15 is 0 Å². The van der Waals surface area contributed by atoms with Crippen LogP contribution in [0.25, 0.3) is 121 Å². The monoisotopic (exact) mass is 872 g/mol. The molecule has 0 amide bonds. The number of aromatic nitrogens is 4. The predicted molar refractivity (Wildman–Crippen MR) is 281 cm³/mol. The number of fused-ring (bicyclic) bond motifs is 6. The van der Waals surface area contributed by atoms with E-state index in [1.54, 1.807) is 11.3 Å². The minimum absolute atomic E-state index is 0.885. The van der Waals surface area contributed by atoms with Crippen LogP contribution in [0.15, 0.2) is 243 Å². The van der Waals surface area contributed by atoms with Crippen molar-refractivity contribution in [2.75, 3.05) is 0 Å². The molecule has 314 valence electrons. The Kier molecular flexibility index (Phi) is 9.32. The van der Waals surface area contributed by atoms with Gasteiger partial charge < -0.3 is 9.13 Å². The summed E-state index contributed by atoms with van der Waals surface area (Å²) in [6, 6.07) is 87.3. The molecule has 0 N–H and O–H groups in total. The average Bonchev–Trinajstić information content (AvgIpc) is 4.13. The van der Waals surface area contributed by atoms with Crippen LogP contribution in [0.2, 0.25) is 0 Å². The molecule has 10 aromatic carbocycles. The molecule has 0 spiro atoms. The fourth-order valence-electron chi connectivity index (χ4n) is 10.1. The van der Waals surface area contributed by atoms with Crippen LogP contribution < -0.4 is 0 Å². The molecule has 13 aromatic rings. The van der Waals surface area contributed by atoms with Crippen molar-refractivity contribution < 1.29 is 0 Å². The van der Waals surface area contributed by atoms with Gasteiger partial charge in [0.25, 0.3) is 0 Å². The largest absolute Gasteiger partial charge is 0.309 e. The lowest BCUT2D eigenvalue weighted by molar-refractivity contribution is 1.10. The Labute approximate surface area is 392 Å². The first-order chi connectivity index (χ1) is 33.2. The van der Waals surface area contributed by atoms with Crippen LogP contribution >= 0.6 is 11.3 Å². The van der Waals surface area contributed by atoms with Crippen LogP contribution in [0.5, 0.6) is 0 Å². The molecule has 67 heavy (non-hydrogen) atoms. The van der Waals surface area contributed by atoms with Crippen LogP contribution in [-0.4, -0.2) is 19.3 Å². The zero-order chi connectivity index (χ0) is 44.3. The maximum atomic E-state index is 5.00. The van der Waals surface area contributed by atoms with E-state index in [4.69, 9.17) is 10.2 Å². The third-order valence-electron chi connectivity index (χ3n) is 13.1. The van der Waals surface area contributed by atoms with E-state index in [-0.39, 0.29) is 0 Å². The second kappa shape index (κ2) is 16.1. The normalized spacial score (nSPS) is 11.6. The number of rotatable bonds is 8. The second-order valence-corrected chi connectivity index (χ2v) is 18.0. The summed E-state index contributed by atoms with van der Waals surface area (Å²) >= 11 is 1.65. The molecule has 0 saturated carbocycles. The molecule has 0 fully saturated rings. The molecule has 0 aliphatic carbocycles. The van der Waals surface area contributed by atoms with Gasteiger partial charge in [-0.15, -0.1) is 10.2 Å². The van der Waals surface area contributed by atoms with E-state index in [0.29, 0.717) is 0 Å². The molecule has 13 rings (SSSR count). The van der Waals surface area contributed by atoms with Gasteiger partial charge in [-0.1, -0.05) is 193 Å². The molecule has 5 heteroatoms. The highest BCUT2D eigenvalue weighted by molar-refractivity contribution is 7.18. The molecule has 3 aromatic heterocycles. The van der Waals surface area contributed by atoms with Crippen molar-refractivity contribution in [1.82, 2.24) is 19.3 Å². The van der Waals surface area contributed by atoms with E-state index in [2.05, 4.69) is 252 Å². The summed E-state index contributed by atoms with van der Waals surface area (Å²) in [6.45, 7) is 0. The maximum absolute atomic E-state index is 5.00. The molecule has 0 saturated heterocycles. The molecule has 4 nitrogen and oxygen atoms in total. The summed E-state index contributed by atoms with van der Waals surface area (Å²) in [7, 11) is 0. The standard InChI is InChI=1S/C62H40N4S/c1-5-19-41(20-6-1)45-35-46(42-21-7-2-8-22-42)38-49(37-45)65-55-31-15-13-27-51(55)59-53(29-17-33-57(59)65)61-63-64-62(67-61)54-30-18-34-58-60(54)52-28-14-16-32-56(52)66(58)50-39-47(43-23-9-3-10-24-43)36-48(40-50)44-25-11-4-12-26-44/h1-40H. The van der Waals surface area contributed by atoms with Crippen molar-refractivity contribution in [2.45, 2.75) is 0 Å². The Morgan fingerprint density at radius 3 is 0.940 bits per heavy atom. The van der Waals surface area contributed by atoms with Gasteiger partial charge in [0.1, 0.15) is 10.0 Å². The highest BCUT2D eigenvalue weighted by Crippen LogP contribution is 2.45. The van der Waals surface area contributed by atoms with Gasteiger partial charge in [0.2, 0.25) is 0 Å². The first-order valence-electron chi connectivity index (χ1n) is 22.6. The van der Waals surface area contributed by atoms with E-state index in [0.717, 1.165) is 65.4 Å². The van der Waals surface area contributed by atoms with Gasteiger partial charge >= 0.3 is 0 Å². The van der Waals surface area contributed by atoms with E-state index < -0.39 is 0 Å². The lowest BCUT2D eigenvalue weighted by Gasteiger charge is -2.14. The Morgan fingerprint density at radius 1 is 0.269 bits per heavy atom. The summed E-state index contributed by atoms with van der Waals surface area (Å²) in [4.78, 5) is 0. The molecular formula is C62H40N4S. The Hall–Kier alpha value is -8.64. The maximum Gasteiger partial charge on any atom is 0.148 e. The van der Waals surface area contributed by atoms with Crippen molar-refractivity contribution in [1.29, 1.82) is 0 Å². The summed E-state index contributed by atoms with van der Waals surface area (Å²) in [6.07, 6.45) is 0. The van der Waals surface area contributed by atoms with Crippen molar-refractivity contribution in [2.24, 2.45) is 0 Å². The summed E-state index contributed by atoms with van der Waals surface area (Å²) in [5.41, 5.74) is 18.3. The number of para-hydroxylation sites is 2. The molecule has 0 unspecified atom stereocenters. The Balaban J connectivity index is 0.977. The summed E-state index contributed by atoms with van der Waals surface area (Å²) in [5.74, 6) is 0. The second-order valence-electron chi connectivity index (χ2n) is 17.0. The highest BCUT2D eigenvalue weighted by Gasteiger charge is 2.22. The average molecular weight is 873 g/mol. The van der Waals surface area contributed by atoms with E-state index in [1.807, 2.05) is 0 Å². The molecule has 0 aliphatic rings. The SMILES string of the molecule is c1ccc(-c2cc(-c3ccccc3)cc(-n3c4ccccc4c4c(-c5nnc(-c6cccc7c6c6ccccc6n7-c6cc(-c7ccccc7)cc(-c7ccccc7)c6)s5)cccc43)c2)cc1. The fourth-order valence-corrected chi connectivity index (χ4v) is 11.0. The van der Waals surface area contributed by atoms with Gasteiger partial charge in [-0.2, -0.15) is 0 Å². The van der Waals surface area contributed by atoms with E-state index in [9.17, 15) is 0 Å². The van der Waals surface area contributed by atoms with E-state index in [1.165, 1.54) is 55.3 Å². The van der Waals surface area contributed by atoms with Crippen LogP contribution in [0.4, 0.5) is 0 Å². The molecule has 0 atom stereocenters. The van der Waals surface area contributed by atoms with Crippen LogP contribution in [0, 0.1) is 0 Å². The number of benzene rings is 10. The van der Waals surface area contributed by atoms with Gasteiger partial charge in [0, 0.05) is 44.0 Å². The van der Waals surface area contributed by atoms with Crippen molar-refractivity contribution >= 4 is 54.9 Å². The fraction of sp³-hybridized carbons (Fsp3) is 0. The van der Waals surface area contributed by atoms with Gasteiger partial charge in [0.15, 0.2) is 0 Å². The summed E-state index contributed by atoms with van der Waals surface area (Å²) in [5, 5.41) is 16.5. The quantitative estimate of drug-likeness (QED) is 0.152. The first-order valence-corrected chi connectivity index (χ1v) is 23.5. The summed E-state index contributed by atoms with van der Waals surface area (Å²) < 4.78 is 4.83. The highest BCUT2D eigenvalue weighted by atomic mass is 32.1. The molecule has 0 bridgehead atoms. The zero-order valence-corrected chi connectivity index (χ0v) is 37.1. The first kappa shape index (κ1) is 38.8. The molecule has 0 aliphatic heterocycles. The lowest BCUT2D eigenvalue weighted by Crippen LogP contribution is -1.96. The number of hydrogen-bond acceptors (Lipinski definition) is 3. The van der Waals surface area contributed by atoms with Gasteiger partial charge in [-0.05, 0) is 105 Å². The topological polar surface area (TPSA) is 35.6 Å². The predicted octanol–water partition coefficient (Wildman–Crippen LogP) is 16.7. The molecular weight excluding hydrogens is 833 g/mol. The Morgan fingerprint density at radius 2 is 0.582 bits per heavy atom. The zero-order valence-electron chi connectivity index (χ0n) is 36.3. The third kappa shape index (κ3) is 6.67. The van der Waals surface area contributed by atoms with Gasteiger partial charge in [-0.25, -0.2) is 0 Å². The number of hydrogen-bond donors (Lipinski definition) is 0. The van der Waals surface area contributed by atoms with Crippen LogP contribution in [0.1, 0.15) is 0 Å². The van der Waals surface area contributed by atoms with Crippen LogP contribution in [0.3, 0.4) is 0 Å². The molecule has 3 heterocycles. The lowest BCUT2D eigenvalue weighted by atomic mass is 9.98. The third-order valence-corrected chi connectivity index (χ3v) is 14.1. The van der Waals surface area contributed by atoms with Gasteiger partial charge in [-0.3, -0.25) is 0 Å². The Bertz CT molecular complexity index is 3590. The minimum atomic E-state index is 0.885. The minimum Gasteiger partial charge on any atom is -0.309 e. The van der Waals surface area contributed by atoms with Crippen LogP contribution in [-0.2, 0) is 0 Å². The van der Waals surface area contributed by atoms with Crippen molar-refractivity contribution in [3.63, 3.8) is 0 Å². The van der Waals surface area contributed by atoms with Crippen molar-refractivity contribution in [3.8, 4) is 77.0 Å². The smallest absolute Gasteiger partial charge is 0.148 e. The molecule has 0 radical (unpaired) electrons. The van der Waals surface area contributed by atoms with Crippen molar-refractivity contribution in [3.05, 3.63) is 243 Å².